The molecule has 8 heteroatoms. The highest BCUT2D eigenvalue weighted by atomic mass is 32.1. The van der Waals surface area contributed by atoms with E-state index in [2.05, 4.69) is 21.4 Å². The number of hydrogen-bond donors (Lipinski definition) is 1. The summed E-state index contributed by atoms with van der Waals surface area (Å²) < 4.78 is 0. The van der Waals surface area contributed by atoms with E-state index in [-0.39, 0.29) is 11.5 Å². The fourth-order valence-corrected chi connectivity index (χ4v) is 2.65. The Morgan fingerprint density at radius 2 is 2.29 bits per heavy atom. The largest absolute Gasteiger partial charge is 0.364 e. The molecule has 1 N–H and O–H groups in total. The summed E-state index contributed by atoms with van der Waals surface area (Å²) in [4.78, 5) is 21.9. The molecular formula is C13H17N5O2S. The average Bonchev–Trinajstić information content (AvgIpc) is 2.98. The normalized spacial score (nSPS) is 10.4. The standard InChI is InChI=1S/C13H17N5O2S/c1-3-14-12-11(18(19)20)13(16-9-15-12)17(2)7-6-10-5-4-8-21-10/h4-5,8-9H,3,6-7H2,1-2H3,(H,14,15,16). The van der Waals surface area contributed by atoms with Crippen molar-refractivity contribution in [3.05, 3.63) is 38.8 Å². The Morgan fingerprint density at radius 3 is 2.90 bits per heavy atom. The van der Waals surface area contributed by atoms with Crippen LogP contribution >= 0.6 is 11.3 Å². The minimum atomic E-state index is -0.436. The van der Waals surface area contributed by atoms with Crippen LogP contribution in [0.3, 0.4) is 0 Å². The minimum Gasteiger partial charge on any atom is -0.364 e. The Labute approximate surface area is 126 Å². The smallest absolute Gasteiger partial charge is 0.353 e. The molecule has 0 saturated carbocycles. The van der Waals surface area contributed by atoms with Crippen LogP contribution in [0.2, 0.25) is 0 Å². The Bertz CT molecular complexity index is 603. The topological polar surface area (TPSA) is 84.2 Å². The fourth-order valence-electron chi connectivity index (χ4n) is 1.95. The SMILES string of the molecule is CCNc1ncnc(N(C)CCc2cccs2)c1[N+](=O)[O-]. The summed E-state index contributed by atoms with van der Waals surface area (Å²) in [7, 11) is 1.80. The van der Waals surface area contributed by atoms with Crippen molar-refractivity contribution in [2.45, 2.75) is 13.3 Å². The lowest BCUT2D eigenvalue weighted by molar-refractivity contribution is -0.383. The maximum absolute atomic E-state index is 11.3. The van der Waals surface area contributed by atoms with Gasteiger partial charge in [-0.1, -0.05) is 6.07 Å². The molecule has 2 aromatic rings. The third-order valence-electron chi connectivity index (χ3n) is 2.97. The van der Waals surface area contributed by atoms with Crippen molar-refractivity contribution in [2.75, 3.05) is 30.4 Å². The van der Waals surface area contributed by atoms with Gasteiger partial charge in [0, 0.05) is 25.0 Å². The van der Waals surface area contributed by atoms with Crippen LogP contribution in [0.25, 0.3) is 0 Å². The second-order valence-electron chi connectivity index (χ2n) is 4.43. The van der Waals surface area contributed by atoms with Gasteiger partial charge in [-0.15, -0.1) is 11.3 Å². The number of nitrogens with one attached hydrogen (secondary N) is 1. The van der Waals surface area contributed by atoms with Gasteiger partial charge in [0.05, 0.1) is 4.92 Å². The van der Waals surface area contributed by atoms with Gasteiger partial charge >= 0.3 is 5.69 Å². The third kappa shape index (κ3) is 3.66. The lowest BCUT2D eigenvalue weighted by Gasteiger charge is -2.18. The van der Waals surface area contributed by atoms with Crippen LogP contribution in [0.15, 0.2) is 23.8 Å². The van der Waals surface area contributed by atoms with Gasteiger partial charge < -0.3 is 10.2 Å². The van der Waals surface area contributed by atoms with Crippen LogP contribution in [0.4, 0.5) is 17.3 Å². The van der Waals surface area contributed by atoms with E-state index < -0.39 is 4.92 Å². The second-order valence-corrected chi connectivity index (χ2v) is 5.47. The summed E-state index contributed by atoms with van der Waals surface area (Å²) in [5.74, 6) is 0.595. The van der Waals surface area contributed by atoms with Crippen molar-refractivity contribution in [3.63, 3.8) is 0 Å². The molecule has 112 valence electrons. The average molecular weight is 307 g/mol. The Hall–Kier alpha value is -2.22. The zero-order valence-electron chi connectivity index (χ0n) is 11.9. The minimum absolute atomic E-state index is 0.0759. The predicted octanol–water partition coefficient (Wildman–Crippen LogP) is 2.56. The van der Waals surface area contributed by atoms with E-state index in [1.807, 2.05) is 18.4 Å². The molecule has 0 unspecified atom stereocenters. The number of nitro groups is 1. The number of aromatic nitrogens is 2. The molecule has 0 bridgehead atoms. The zero-order valence-corrected chi connectivity index (χ0v) is 12.8. The Balaban J connectivity index is 2.20. The highest BCUT2D eigenvalue weighted by Crippen LogP contribution is 2.31. The first kappa shape index (κ1) is 15.2. The third-order valence-corrected chi connectivity index (χ3v) is 3.90. The fraction of sp³-hybridized carbons (Fsp3) is 0.385. The van der Waals surface area contributed by atoms with E-state index in [1.54, 1.807) is 23.3 Å². The first-order chi connectivity index (χ1) is 10.1. The van der Waals surface area contributed by atoms with Crippen LogP contribution in [0, 0.1) is 10.1 Å². The van der Waals surface area contributed by atoms with Gasteiger partial charge in [-0.3, -0.25) is 10.1 Å². The Morgan fingerprint density at radius 1 is 1.48 bits per heavy atom. The Kier molecular flexibility index (Phi) is 5.04. The number of nitrogens with zero attached hydrogens (tertiary/aromatic N) is 4. The number of rotatable bonds is 7. The monoisotopic (exact) mass is 307 g/mol. The van der Waals surface area contributed by atoms with Gasteiger partial charge in [-0.25, -0.2) is 9.97 Å². The van der Waals surface area contributed by atoms with E-state index >= 15 is 0 Å². The highest BCUT2D eigenvalue weighted by molar-refractivity contribution is 7.09. The molecule has 0 saturated heterocycles. The quantitative estimate of drug-likeness (QED) is 0.625. The molecular weight excluding hydrogens is 290 g/mol. The van der Waals surface area contributed by atoms with E-state index in [1.165, 1.54) is 11.2 Å². The molecule has 0 aliphatic carbocycles. The first-order valence-electron chi connectivity index (χ1n) is 6.60. The number of hydrogen-bond acceptors (Lipinski definition) is 7. The maximum Gasteiger partial charge on any atom is 0.353 e. The zero-order chi connectivity index (χ0) is 15.2. The summed E-state index contributed by atoms with van der Waals surface area (Å²) in [6.07, 6.45) is 2.17. The molecule has 0 aromatic carbocycles. The van der Waals surface area contributed by atoms with Gasteiger partial charge in [0.1, 0.15) is 6.33 Å². The molecule has 0 aliphatic rings. The molecule has 21 heavy (non-hydrogen) atoms. The van der Waals surface area contributed by atoms with Crippen molar-refractivity contribution in [2.24, 2.45) is 0 Å². The first-order valence-corrected chi connectivity index (χ1v) is 7.48. The van der Waals surface area contributed by atoms with Gasteiger partial charge in [0.15, 0.2) is 0 Å². The summed E-state index contributed by atoms with van der Waals surface area (Å²) in [5.41, 5.74) is -0.0759. The van der Waals surface area contributed by atoms with Crippen LogP contribution in [-0.4, -0.2) is 35.0 Å². The molecule has 0 aliphatic heterocycles. The molecule has 7 nitrogen and oxygen atoms in total. The molecule has 0 radical (unpaired) electrons. The molecule has 0 atom stereocenters. The molecule has 2 heterocycles. The van der Waals surface area contributed by atoms with E-state index in [4.69, 9.17) is 0 Å². The van der Waals surface area contributed by atoms with Crippen LogP contribution < -0.4 is 10.2 Å². The number of likely N-dealkylation sites (N-methyl/N-ethyl adjacent to an activating group) is 1. The summed E-state index contributed by atoms with van der Waals surface area (Å²) in [6, 6.07) is 4.05. The van der Waals surface area contributed by atoms with Crippen molar-refractivity contribution in [3.8, 4) is 0 Å². The number of anilines is 2. The van der Waals surface area contributed by atoms with E-state index in [0.29, 0.717) is 18.9 Å². The molecule has 0 spiro atoms. The van der Waals surface area contributed by atoms with Gasteiger partial charge in [0.2, 0.25) is 11.6 Å². The molecule has 2 rings (SSSR count). The van der Waals surface area contributed by atoms with Crippen LogP contribution in [0.5, 0.6) is 0 Å². The van der Waals surface area contributed by atoms with E-state index in [9.17, 15) is 10.1 Å². The number of thiophene rings is 1. The molecule has 0 amide bonds. The second kappa shape index (κ2) is 6.98. The maximum atomic E-state index is 11.3. The summed E-state index contributed by atoms with van der Waals surface area (Å²) in [6.45, 7) is 3.09. The van der Waals surface area contributed by atoms with Gasteiger partial charge in [-0.2, -0.15) is 0 Å². The summed E-state index contributed by atoms with van der Waals surface area (Å²) in [5, 5.41) is 16.2. The van der Waals surface area contributed by atoms with E-state index in [0.717, 1.165) is 6.42 Å². The van der Waals surface area contributed by atoms with Crippen molar-refractivity contribution < 1.29 is 4.92 Å². The lowest BCUT2D eigenvalue weighted by Crippen LogP contribution is -2.23. The van der Waals surface area contributed by atoms with Crippen molar-refractivity contribution in [1.82, 2.24) is 9.97 Å². The molecule has 2 aromatic heterocycles. The van der Waals surface area contributed by atoms with Crippen LogP contribution in [-0.2, 0) is 6.42 Å². The predicted molar refractivity (Wildman–Crippen MR) is 84.1 cm³/mol. The molecule has 0 fully saturated rings. The van der Waals surface area contributed by atoms with Gasteiger partial charge in [0.25, 0.3) is 0 Å². The van der Waals surface area contributed by atoms with Gasteiger partial charge in [-0.05, 0) is 24.8 Å². The highest BCUT2D eigenvalue weighted by Gasteiger charge is 2.24. The van der Waals surface area contributed by atoms with Crippen molar-refractivity contribution in [1.29, 1.82) is 0 Å². The lowest BCUT2D eigenvalue weighted by atomic mass is 10.3. The van der Waals surface area contributed by atoms with Crippen LogP contribution in [0.1, 0.15) is 11.8 Å². The summed E-state index contributed by atoms with van der Waals surface area (Å²) >= 11 is 1.68. The van der Waals surface area contributed by atoms with Crippen molar-refractivity contribution >= 4 is 28.7 Å².